The zero-order chi connectivity index (χ0) is 13.5. The number of benzene rings is 1. The number of rotatable bonds is 6. The molecular weight excluding hydrogens is 241 g/mol. The molecule has 0 unspecified atom stereocenters. The van der Waals surface area contributed by atoms with Crippen molar-refractivity contribution in [1.29, 1.82) is 0 Å². The van der Waals surface area contributed by atoms with Crippen LogP contribution in [0.4, 0.5) is 4.39 Å². The van der Waals surface area contributed by atoms with Crippen LogP contribution in [0, 0.1) is 5.82 Å². The molecular formula is C12H14FNO4. The van der Waals surface area contributed by atoms with E-state index in [0.29, 0.717) is 0 Å². The van der Waals surface area contributed by atoms with E-state index >= 15 is 0 Å². The van der Waals surface area contributed by atoms with Crippen molar-refractivity contribution in [1.82, 2.24) is 5.32 Å². The van der Waals surface area contributed by atoms with Gasteiger partial charge >= 0.3 is 5.97 Å². The van der Waals surface area contributed by atoms with Gasteiger partial charge in [-0.05, 0) is 18.6 Å². The molecule has 5 nitrogen and oxygen atoms in total. The highest BCUT2D eigenvalue weighted by Gasteiger charge is 2.16. The Hall–Kier alpha value is -2.11. The summed E-state index contributed by atoms with van der Waals surface area (Å²) in [7, 11) is 1.34. The van der Waals surface area contributed by atoms with Crippen LogP contribution in [0.2, 0.25) is 0 Å². The first-order valence-corrected chi connectivity index (χ1v) is 5.38. The average molecular weight is 255 g/mol. The van der Waals surface area contributed by atoms with Crippen LogP contribution >= 0.6 is 0 Å². The van der Waals surface area contributed by atoms with E-state index in [-0.39, 0.29) is 30.7 Å². The summed E-state index contributed by atoms with van der Waals surface area (Å²) in [6, 6.07) is 4.08. The minimum absolute atomic E-state index is 0.0469. The van der Waals surface area contributed by atoms with Crippen molar-refractivity contribution in [2.75, 3.05) is 13.7 Å². The van der Waals surface area contributed by atoms with Crippen LogP contribution in [0.15, 0.2) is 18.2 Å². The van der Waals surface area contributed by atoms with E-state index in [1.165, 1.54) is 19.2 Å². The molecule has 0 aromatic heterocycles. The van der Waals surface area contributed by atoms with Gasteiger partial charge in [0, 0.05) is 13.0 Å². The van der Waals surface area contributed by atoms with Crippen LogP contribution in [0.25, 0.3) is 0 Å². The van der Waals surface area contributed by atoms with Crippen molar-refractivity contribution in [3.8, 4) is 5.75 Å². The zero-order valence-electron chi connectivity index (χ0n) is 9.90. The van der Waals surface area contributed by atoms with Gasteiger partial charge in [-0.15, -0.1) is 0 Å². The normalized spacial score (nSPS) is 9.89. The summed E-state index contributed by atoms with van der Waals surface area (Å²) < 4.78 is 18.4. The molecule has 0 radical (unpaired) electrons. The Morgan fingerprint density at radius 1 is 1.44 bits per heavy atom. The molecule has 0 aliphatic carbocycles. The van der Waals surface area contributed by atoms with Crippen LogP contribution in [0.3, 0.4) is 0 Å². The third-order valence-electron chi connectivity index (χ3n) is 2.28. The summed E-state index contributed by atoms with van der Waals surface area (Å²) in [5, 5.41) is 10.9. The van der Waals surface area contributed by atoms with Crippen LogP contribution < -0.4 is 10.1 Å². The van der Waals surface area contributed by atoms with Gasteiger partial charge in [0.05, 0.1) is 7.11 Å². The quantitative estimate of drug-likeness (QED) is 0.754. The van der Waals surface area contributed by atoms with Crippen molar-refractivity contribution >= 4 is 11.9 Å². The first kappa shape index (κ1) is 14.0. The number of carboxylic acids is 1. The maximum absolute atomic E-state index is 13.5. The molecule has 6 heteroatoms. The Morgan fingerprint density at radius 3 is 2.78 bits per heavy atom. The highest BCUT2D eigenvalue weighted by atomic mass is 19.1. The number of carbonyl (C=O) groups excluding carboxylic acids is 1. The SMILES string of the molecule is COc1cccc(F)c1C(=O)NCCCC(=O)O. The lowest BCUT2D eigenvalue weighted by molar-refractivity contribution is -0.137. The van der Waals surface area contributed by atoms with E-state index in [1.807, 2.05) is 0 Å². The van der Waals surface area contributed by atoms with E-state index in [4.69, 9.17) is 9.84 Å². The molecule has 18 heavy (non-hydrogen) atoms. The second kappa shape index (κ2) is 6.58. The smallest absolute Gasteiger partial charge is 0.303 e. The third kappa shape index (κ3) is 3.73. The topological polar surface area (TPSA) is 75.6 Å². The van der Waals surface area contributed by atoms with Crippen molar-refractivity contribution in [3.63, 3.8) is 0 Å². The lowest BCUT2D eigenvalue weighted by Crippen LogP contribution is -2.26. The van der Waals surface area contributed by atoms with Crippen molar-refractivity contribution in [2.24, 2.45) is 0 Å². The Morgan fingerprint density at radius 2 is 2.17 bits per heavy atom. The fraction of sp³-hybridized carbons (Fsp3) is 0.333. The molecule has 1 amide bonds. The van der Waals surface area contributed by atoms with Gasteiger partial charge in [-0.2, -0.15) is 0 Å². The standard InChI is InChI=1S/C12H14FNO4/c1-18-9-5-2-4-8(13)11(9)12(17)14-7-3-6-10(15)16/h2,4-5H,3,6-7H2,1H3,(H,14,17)(H,15,16). The fourth-order valence-electron chi connectivity index (χ4n) is 1.42. The van der Waals surface area contributed by atoms with E-state index in [1.54, 1.807) is 0 Å². The number of ether oxygens (including phenoxy) is 1. The Kier molecular flexibility index (Phi) is 5.10. The summed E-state index contributed by atoms with van der Waals surface area (Å²) >= 11 is 0. The minimum atomic E-state index is -0.937. The molecule has 98 valence electrons. The van der Waals surface area contributed by atoms with Crippen molar-refractivity contribution in [2.45, 2.75) is 12.8 Å². The summed E-state index contributed by atoms with van der Waals surface area (Å²) in [4.78, 5) is 22.0. The molecule has 1 rings (SSSR count). The van der Waals surface area contributed by atoms with E-state index < -0.39 is 17.7 Å². The molecule has 1 aromatic carbocycles. The van der Waals surface area contributed by atoms with Gasteiger partial charge in [0.2, 0.25) is 0 Å². The number of amides is 1. The summed E-state index contributed by atoms with van der Waals surface area (Å²) in [5.41, 5.74) is -0.171. The van der Waals surface area contributed by atoms with Gasteiger partial charge in [0.15, 0.2) is 0 Å². The van der Waals surface area contributed by atoms with Crippen LogP contribution in [-0.4, -0.2) is 30.6 Å². The molecule has 0 aliphatic rings. The minimum Gasteiger partial charge on any atom is -0.496 e. The molecule has 0 saturated carbocycles. The molecule has 2 N–H and O–H groups in total. The first-order valence-electron chi connectivity index (χ1n) is 5.38. The molecule has 0 saturated heterocycles. The molecule has 0 spiro atoms. The van der Waals surface area contributed by atoms with Gasteiger partial charge in [0.25, 0.3) is 5.91 Å². The maximum Gasteiger partial charge on any atom is 0.303 e. The fourth-order valence-corrected chi connectivity index (χ4v) is 1.42. The number of halogens is 1. The third-order valence-corrected chi connectivity index (χ3v) is 2.28. The molecule has 0 fully saturated rings. The number of carboxylic acid groups (broad SMARTS) is 1. The molecule has 1 aromatic rings. The van der Waals surface area contributed by atoms with Gasteiger partial charge in [-0.3, -0.25) is 9.59 Å². The predicted octanol–water partition coefficient (Wildman–Crippen LogP) is 1.43. The number of hydrogen-bond acceptors (Lipinski definition) is 3. The van der Waals surface area contributed by atoms with Crippen LogP contribution in [0.1, 0.15) is 23.2 Å². The summed E-state index contributed by atoms with van der Waals surface area (Å²) in [5.74, 6) is -2.08. The van der Waals surface area contributed by atoms with E-state index in [0.717, 1.165) is 6.07 Å². The summed E-state index contributed by atoms with van der Waals surface area (Å²) in [6.45, 7) is 0.169. The summed E-state index contributed by atoms with van der Waals surface area (Å²) in [6.07, 6.45) is 0.243. The van der Waals surface area contributed by atoms with E-state index in [2.05, 4.69) is 5.32 Å². The van der Waals surface area contributed by atoms with Gasteiger partial charge in [-0.25, -0.2) is 4.39 Å². The molecule has 0 atom stereocenters. The van der Waals surface area contributed by atoms with Crippen LogP contribution in [0.5, 0.6) is 5.75 Å². The number of methoxy groups -OCH3 is 1. The first-order chi connectivity index (χ1) is 8.56. The van der Waals surface area contributed by atoms with Crippen LogP contribution in [-0.2, 0) is 4.79 Å². The van der Waals surface area contributed by atoms with E-state index in [9.17, 15) is 14.0 Å². The average Bonchev–Trinajstić information content (AvgIpc) is 2.33. The van der Waals surface area contributed by atoms with Crippen molar-refractivity contribution in [3.05, 3.63) is 29.6 Å². The Bertz CT molecular complexity index is 448. The highest BCUT2D eigenvalue weighted by molar-refractivity contribution is 5.97. The Labute approximate surface area is 104 Å². The van der Waals surface area contributed by atoms with Crippen molar-refractivity contribution < 1.29 is 23.8 Å². The second-order valence-corrected chi connectivity index (χ2v) is 3.57. The second-order valence-electron chi connectivity index (χ2n) is 3.57. The largest absolute Gasteiger partial charge is 0.496 e. The Balaban J connectivity index is 2.64. The molecule has 0 heterocycles. The van der Waals surface area contributed by atoms with Gasteiger partial charge in [0.1, 0.15) is 17.1 Å². The number of aliphatic carboxylic acids is 1. The lowest BCUT2D eigenvalue weighted by atomic mass is 10.1. The number of carbonyl (C=O) groups is 2. The monoisotopic (exact) mass is 255 g/mol. The lowest BCUT2D eigenvalue weighted by Gasteiger charge is -2.09. The van der Waals surface area contributed by atoms with Gasteiger partial charge in [-0.1, -0.05) is 6.07 Å². The maximum atomic E-state index is 13.5. The van der Waals surface area contributed by atoms with Gasteiger partial charge < -0.3 is 15.2 Å². The predicted molar refractivity (Wildman–Crippen MR) is 62.2 cm³/mol. The zero-order valence-corrected chi connectivity index (χ0v) is 9.90. The number of nitrogens with one attached hydrogen (secondary N) is 1. The highest BCUT2D eigenvalue weighted by Crippen LogP contribution is 2.20. The number of hydrogen-bond donors (Lipinski definition) is 2. The molecule has 0 aliphatic heterocycles. The molecule has 0 bridgehead atoms.